The summed E-state index contributed by atoms with van der Waals surface area (Å²) in [5.41, 5.74) is -5.94. The highest BCUT2D eigenvalue weighted by Gasteiger charge is 2.33. The summed E-state index contributed by atoms with van der Waals surface area (Å²) < 4.78 is 54.9. The number of nitrogens with zero attached hydrogens (tertiary/aromatic N) is 5. The second kappa shape index (κ2) is 6.89. The van der Waals surface area contributed by atoms with Crippen LogP contribution in [0.4, 0.5) is 17.6 Å². The molecule has 2 heterocycles. The molecule has 0 bridgehead atoms. The molecule has 0 aliphatic carbocycles. The van der Waals surface area contributed by atoms with Crippen molar-refractivity contribution >= 4 is 0 Å². The third kappa shape index (κ3) is 3.59. The molecule has 3 rings (SSSR count). The van der Waals surface area contributed by atoms with E-state index in [2.05, 4.69) is 5.10 Å². The van der Waals surface area contributed by atoms with Gasteiger partial charge < -0.3 is 4.98 Å². The first-order valence-electron chi connectivity index (χ1n) is 7.78. The van der Waals surface area contributed by atoms with Crippen molar-refractivity contribution < 1.29 is 17.6 Å². The first-order chi connectivity index (χ1) is 13.5. The van der Waals surface area contributed by atoms with Crippen LogP contribution in [0.25, 0.3) is 5.69 Å². The van der Waals surface area contributed by atoms with Crippen LogP contribution in [0.1, 0.15) is 16.8 Å². The minimum atomic E-state index is -4.98. The fraction of sp³-hybridized carbons (Fsp3) is 0.188. The largest absolute Gasteiger partial charge is 0.431 e. The highest BCUT2D eigenvalue weighted by molar-refractivity contribution is 5.47. The number of halogens is 4. The van der Waals surface area contributed by atoms with Crippen molar-refractivity contribution in [3.05, 3.63) is 78.5 Å². The Morgan fingerprint density at radius 2 is 1.90 bits per heavy atom. The van der Waals surface area contributed by atoms with E-state index in [0.29, 0.717) is 6.07 Å². The summed E-state index contributed by atoms with van der Waals surface area (Å²) >= 11 is 0. The van der Waals surface area contributed by atoms with Crippen LogP contribution in [0, 0.1) is 17.1 Å². The van der Waals surface area contributed by atoms with Gasteiger partial charge >= 0.3 is 17.6 Å². The predicted octanol–water partition coefficient (Wildman–Crippen LogP) is 0.499. The number of H-pyrrole nitrogens is 1. The van der Waals surface area contributed by atoms with Gasteiger partial charge in [0.1, 0.15) is 17.8 Å². The maximum atomic E-state index is 14.4. The molecule has 1 aromatic carbocycles. The molecule has 0 aliphatic heterocycles. The monoisotopic (exact) mass is 410 g/mol. The van der Waals surface area contributed by atoms with Gasteiger partial charge in [0, 0.05) is 13.1 Å². The Labute approximate surface area is 157 Å². The van der Waals surface area contributed by atoms with E-state index in [0.717, 1.165) is 15.3 Å². The van der Waals surface area contributed by atoms with E-state index in [4.69, 9.17) is 0 Å². The highest BCUT2D eigenvalue weighted by Crippen LogP contribution is 2.26. The molecule has 0 radical (unpaired) electrons. The number of benzene rings is 1. The maximum absolute atomic E-state index is 14.4. The van der Waals surface area contributed by atoms with Crippen LogP contribution in [-0.4, -0.2) is 23.9 Å². The van der Waals surface area contributed by atoms with Crippen LogP contribution in [0.2, 0.25) is 0 Å². The van der Waals surface area contributed by atoms with Crippen molar-refractivity contribution in [2.45, 2.75) is 12.7 Å². The minimum Gasteiger partial charge on any atom is -0.303 e. The Kier molecular flexibility index (Phi) is 4.71. The normalized spacial score (nSPS) is 11.4. The number of aromatic nitrogens is 5. The summed E-state index contributed by atoms with van der Waals surface area (Å²) in [5.74, 6) is -1.19. The molecule has 0 amide bonds. The molecular weight excluding hydrogens is 400 g/mol. The van der Waals surface area contributed by atoms with Crippen molar-refractivity contribution in [2.75, 3.05) is 0 Å². The Morgan fingerprint density at radius 3 is 2.41 bits per heavy atom. The van der Waals surface area contributed by atoms with Gasteiger partial charge in [0.15, 0.2) is 0 Å². The fourth-order valence-corrected chi connectivity index (χ4v) is 2.58. The smallest absolute Gasteiger partial charge is 0.303 e. The van der Waals surface area contributed by atoms with E-state index in [-0.39, 0.29) is 28.3 Å². The third-order valence-electron chi connectivity index (χ3n) is 3.98. The van der Waals surface area contributed by atoms with Gasteiger partial charge in [-0.3, -0.25) is 9.36 Å². The van der Waals surface area contributed by atoms with Gasteiger partial charge in [-0.2, -0.15) is 23.5 Å². The lowest BCUT2D eigenvalue weighted by atomic mass is 10.1. The topological polar surface area (TPSA) is 118 Å². The lowest BCUT2D eigenvalue weighted by Crippen LogP contribution is -2.36. The Hall–Kier alpha value is -3.95. The van der Waals surface area contributed by atoms with Crippen molar-refractivity contribution in [2.24, 2.45) is 7.05 Å². The van der Waals surface area contributed by atoms with E-state index < -0.39 is 40.3 Å². The predicted molar refractivity (Wildman–Crippen MR) is 88.9 cm³/mol. The number of alkyl halides is 3. The van der Waals surface area contributed by atoms with Crippen LogP contribution < -0.4 is 16.9 Å². The van der Waals surface area contributed by atoms with Gasteiger partial charge in [-0.1, -0.05) is 0 Å². The summed E-state index contributed by atoms with van der Waals surface area (Å²) in [5, 5.41) is 13.0. The zero-order chi connectivity index (χ0) is 21.5. The van der Waals surface area contributed by atoms with E-state index in [1.807, 2.05) is 0 Å². The number of rotatable bonds is 3. The van der Waals surface area contributed by atoms with Crippen molar-refractivity contribution in [1.29, 1.82) is 5.26 Å². The quantitative estimate of drug-likeness (QED) is 0.631. The zero-order valence-electron chi connectivity index (χ0n) is 14.5. The first-order valence-corrected chi connectivity index (χ1v) is 7.78. The molecule has 1 N–H and O–H groups in total. The second-order valence-corrected chi connectivity index (χ2v) is 5.91. The van der Waals surface area contributed by atoms with Crippen LogP contribution >= 0.6 is 0 Å². The Bertz CT molecular complexity index is 1290. The maximum Gasteiger partial charge on any atom is 0.431 e. The highest BCUT2D eigenvalue weighted by atomic mass is 19.4. The summed E-state index contributed by atoms with van der Waals surface area (Å²) in [6.07, 6.45) is -3.78. The number of aromatic amines is 1. The lowest BCUT2D eigenvalue weighted by Gasteiger charge is -2.12. The minimum absolute atomic E-state index is 0.0240. The molecule has 9 nitrogen and oxygen atoms in total. The van der Waals surface area contributed by atoms with Crippen LogP contribution in [0.15, 0.2) is 38.9 Å². The molecule has 0 unspecified atom stereocenters. The van der Waals surface area contributed by atoms with Gasteiger partial charge in [0.25, 0.3) is 5.56 Å². The molecule has 150 valence electrons. The fourth-order valence-electron chi connectivity index (χ4n) is 2.58. The zero-order valence-corrected chi connectivity index (χ0v) is 14.5. The summed E-state index contributed by atoms with van der Waals surface area (Å²) in [6, 6.07) is 3.46. The van der Waals surface area contributed by atoms with E-state index in [1.54, 1.807) is 6.07 Å². The molecule has 2 aromatic heterocycles. The molecule has 0 fully saturated rings. The van der Waals surface area contributed by atoms with Crippen molar-refractivity contribution in [3.8, 4) is 11.8 Å². The average molecular weight is 410 g/mol. The van der Waals surface area contributed by atoms with E-state index in [9.17, 15) is 37.2 Å². The molecule has 3 aromatic rings. The Morgan fingerprint density at radius 1 is 1.21 bits per heavy atom. The average Bonchev–Trinajstić information content (AvgIpc) is 2.94. The molecule has 0 aliphatic rings. The van der Waals surface area contributed by atoms with E-state index >= 15 is 0 Å². The molecule has 13 heteroatoms. The van der Waals surface area contributed by atoms with E-state index in [1.165, 1.54) is 18.4 Å². The number of hydrogen-bond donors (Lipinski definition) is 1. The number of aryl methyl sites for hydroxylation is 1. The molecule has 29 heavy (non-hydrogen) atoms. The molecule has 0 saturated carbocycles. The third-order valence-corrected chi connectivity index (χ3v) is 3.98. The molecule has 0 saturated heterocycles. The van der Waals surface area contributed by atoms with Gasteiger partial charge in [-0.25, -0.2) is 23.2 Å². The van der Waals surface area contributed by atoms with Gasteiger partial charge in [-0.05, 0) is 17.7 Å². The second-order valence-electron chi connectivity index (χ2n) is 5.91. The standard InChI is InChI=1S/C16H10F4N6O3/c1-24-7-22-25(15(24)29)6-9-3-11(10(17)2-8(9)5-21)26-13(27)4-12(16(18,19)20)23-14(26)28/h2-4,7H,6H2,1H3,(H,23,28). The summed E-state index contributed by atoms with van der Waals surface area (Å²) in [6.45, 7) is -0.302. The molecule has 0 spiro atoms. The summed E-state index contributed by atoms with van der Waals surface area (Å²) in [7, 11) is 1.43. The van der Waals surface area contributed by atoms with Gasteiger partial charge in [0.05, 0.1) is 23.9 Å². The van der Waals surface area contributed by atoms with Crippen molar-refractivity contribution in [3.63, 3.8) is 0 Å². The van der Waals surface area contributed by atoms with Crippen LogP contribution in [-0.2, 0) is 19.8 Å². The van der Waals surface area contributed by atoms with Gasteiger partial charge in [-0.15, -0.1) is 0 Å². The molecular formula is C16H10F4N6O3. The van der Waals surface area contributed by atoms with Gasteiger partial charge in [0.2, 0.25) is 0 Å². The summed E-state index contributed by atoms with van der Waals surface area (Å²) in [4.78, 5) is 37.5. The number of nitriles is 1. The van der Waals surface area contributed by atoms with Crippen LogP contribution in [0.5, 0.6) is 0 Å². The lowest BCUT2D eigenvalue weighted by molar-refractivity contribution is -0.141. The SMILES string of the molecule is Cn1cnn(Cc2cc(-n3c(=O)cc(C(F)(F)F)[nH]c3=O)c(F)cc2C#N)c1=O. The van der Waals surface area contributed by atoms with Crippen LogP contribution in [0.3, 0.4) is 0 Å². The first kappa shape index (κ1) is 19.8. The number of hydrogen-bond acceptors (Lipinski definition) is 5. The number of nitrogens with one attached hydrogen (secondary N) is 1. The Balaban J connectivity index is 2.20. The molecule has 0 atom stereocenters. The van der Waals surface area contributed by atoms with Crippen molar-refractivity contribution in [1.82, 2.24) is 23.9 Å².